The van der Waals surface area contributed by atoms with E-state index in [2.05, 4.69) is 45.1 Å². The summed E-state index contributed by atoms with van der Waals surface area (Å²) >= 11 is 4.06. The molecule has 2 rings (SSSR count). The maximum absolute atomic E-state index is 4.51. The van der Waals surface area contributed by atoms with Crippen molar-refractivity contribution in [1.29, 1.82) is 0 Å². The molecule has 0 bridgehead atoms. The molecule has 0 spiro atoms. The fourth-order valence-electron chi connectivity index (χ4n) is 1.11. The lowest BCUT2D eigenvalue weighted by atomic mass is 10.2. The maximum atomic E-state index is 4.51. The summed E-state index contributed by atoms with van der Waals surface area (Å²) in [5.74, 6) is 0. The minimum Gasteiger partial charge on any atom is -0.240 e. The fourth-order valence-corrected chi connectivity index (χ4v) is 2.47. The first-order valence-corrected chi connectivity index (χ1v) is 6.36. The summed E-state index contributed by atoms with van der Waals surface area (Å²) in [6.07, 6.45) is 0. The number of thiazole rings is 1. The van der Waals surface area contributed by atoms with E-state index in [1.807, 2.05) is 18.2 Å². The molecule has 0 aliphatic carbocycles. The third-order valence-electron chi connectivity index (χ3n) is 1.74. The predicted octanol–water partition coefficient (Wildman–Crippen LogP) is 3.75. The Labute approximate surface area is 95.0 Å². The standard InChI is InChI=1S/C10H8INS/c11-6-10-12-9(7-13-10)8-4-2-1-3-5-8/h1-5,7H,6H2. The molecule has 0 aliphatic heterocycles. The van der Waals surface area contributed by atoms with Crippen LogP contribution in [0, 0.1) is 0 Å². The predicted molar refractivity (Wildman–Crippen MR) is 65.3 cm³/mol. The Bertz CT molecular complexity index is 383. The zero-order valence-electron chi connectivity index (χ0n) is 6.90. The van der Waals surface area contributed by atoms with Crippen LogP contribution in [-0.2, 0) is 4.43 Å². The Kier molecular flexibility index (Phi) is 2.95. The topological polar surface area (TPSA) is 12.9 Å². The van der Waals surface area contributed by atoms with Crippen LogP contribution in [0.2, 0.25) is 0 Å². The lowest BCUT2D eigenvalue weighted by Gasteiger charge is -1.93. The summed E-state index contributed by atoms with van der Waals surface area (Å²) in [7, 11) is 0. The monoisotopic (exact) mass is 301 g/mol. The zero-order chi connectivity index (χ0) is 9.10. The van der Waals surface area contributed by atoms with Gasteiger partial charge in [-0.05, 0) is 0 Å². The van der Waals surface area contributed by atoms with Gasteiger partial charge in [0, 0.05) is 10.9 Å². The Morgan fingerprint density at radius 2 is 2.00 bits per heavy atom. The molecule has 0 saturated heterocycles. The van der Waals surface area contributed by atoms with E-state index < -0.39 is 0 Å². The number of hydrogen-bond acceptors (Lipinski definition) is 2. The van der Waals surface area contributed by atoms with Crippen molar-refractivity contribution in [2.24, 2.45) is 0 Å². The van der Waals surface area contributed by atoms with Crippen LogP contribution >= 0.6 is 33.9 Å². The van der Waals surface area contributed by atoms with Gasteiger partial charge in [-0.2, -0.15) is 0 Å². The minimum atomic E-state index is 0.995. The molecular weight excluding hydrogens is 293 g/mol. The summed E-state index contributed by atoms with van der Waals surface area (Å²) in [6.45, 7) is 0. The molecule has 66 valence electrons. The highest BCUT2D eigenvalue weighted by Crippen LogP contribution is 2.22. The van der Waals surface area contributed by atoms with Crippen LogP contribution in [0.4, 0.5) is 0 Å². The Hall–Kier alpha value is -0.420. The van der Waals surface area contributed by atoms with E-state index in [4.69, 9.17) is 0 Å². The molecule has 1 nitrogen and oxygen atoms in total. The number of hydrogen-bond donors (Lipinski definition) is 0. The van der Waals surface area contributed by atoms with E-state index in [-0.39, 0.29) is 0 Å². The SMILES string of the molecule is ICc1nc(-c2ccccc2)cs1. The number of benzene rings is 1. The van der Waals surface area contributed by atoms with Gasteiger partial charge in [0.15, 0.2) is 0 Å². The molecule has 1 aromatic heterocycles. The molecule has 0 amide bonds. The van der Waals surface area contributed by atoms with Gasteiger partial charge in [-0.15, -0.1) is 11.3 Å². The molecule has 3 heteroatoms. The summed E-state index contributed by atoms with van der Waals surface area (Å²) < 4.78 is 0.995. The molecular formula is C10H8INS. The maximum Gasteiger partial charge on any atom is 0.103 e. The number of halogens is 1. The number of alkyl halides is 1. The average Bonchev–Trinajstić information content (AvgIpc) is 2.67. The van der Waals surface area contributed by atoms with E-state index in [0.717, 1.165) is 10.1 Å². The van der Waals surface area contributed by atoms with Gasteiger partial charge in [0.2, 0.25) is 0 Å². The van der Waals surface area contributed by atoms with Crippen molar-refractivity contribution in [2.75, 3.05) is 0 Å². The molecule has 13 heavy (non-hydrogen) atoms. The highest BCUT2D eigenvalue weighted by molar-refractivity contribution is 14.1. The highest BCUT2D eigenvalue weighted by Gasteiger charge is 2.01. The molecule has 0 saturated carbocycles. The molecule has 0 N–H and O–H groups in total. The van der Waals surface area contributed by atoms with Crippen LogP contribution in [0.5, 0.6) is 0 Å². The Morgan fingerprint density at radius 1 is 1.23 bits per heavy atom. The molecule has 1 heterocycles. The van der Waals surface area contributed by atoms with Crippen molar-refractivity contribution in [3.8, 4) is 11.3 Å². The minimum absolute atomic E-state index is 0.995. The molecule has 0 fully saturated rings. The van der Waals surface area contributed by atoms with Crippen molar-refractivity contribution in [3.05, 3.63) is 40.7 Å². The molecule has 2 aromatic rings. The first-order chi connectivity index (χ1) is 6.40. The Balaban J connectivity index is 2.36. The van der Waals surface area contributed by atoms with E-state index in [1.54, 1.807) is 11.3 Å². The van der Waals surface area contributed by atoms with Crippen molar-refractivity contribution in [1.82, 2.24) is 4.98 Å². The van der Waals surface area contributed by atoms with Crippen molar-refractivity contribution in [2.45, 2.75) is 4.43 Å². The average molecular weight is 301 g/mol. The van der Waals surface area contributed by atoms with Gasteiger partial charge in [-0.25, -0.2) is 4.98 Å². The van der Waals surface area contributed by atoms with Crippen molar-refractivity contribution in [3.63, 3.8) is 0 Å². The van der Waals surface area contributed by atoms with E-state index in [0.29, 0.717) is 0 Å². The molecule has 0 aliphatic rings. The second kappa shape index (κ2) is 4.19. The van der Waals surface area contributed by atoms with Crippen LogP contribution in [0.3, 0.4) is 0 Å². The van der Waals surface area contributed by atoms with Crippen molar-refractivity contribution < 1.29 is 0 Å². The van der Waals surface area contributed by atoms with Crippen LogP contribution in [0.25, 0.3) is 11.3 Å². The quantitative estimate of drug-likeness (QED) is 0.608. The molecule has 0 unspecified atom stereocenters. The van der Waals surface area contributed by atoms with Crippen LogP contribution in [0.1, 0.15) is 5.01 Å². The van der Waals surface area contributed by atoms with Gasteiger partial charge < -0.3 is 0 Å². The lowest BCUT2D eigenvalue weighted by molar-refractivity contribution is 1.29. The smallest absolute Gasteiger partial charge is 0.103 e. The second-order valence-electron chi connectivity index (χ2n) is 2.63. The van der Waals surface area contributed by atoms with Crippen LogP contribution in [-0.4, -0.2) is 4.98 Å². The summed E-state index contributed by atoms with van der Waals surface area (Å²) in [6, 6.07) is 10.3. The fraction of sp³-hybridized carbons (Fsp3) is 0.100. The molecule has 1 aromatic carbocycles. The van der Waals surface area contributed by atoms with E-state index in [9.17, 15) is 0 Å². The normalized spacial score (nSPS) is 10.2. The largest absolute Gasteiger partial charge is 0.240 e. The third kappa shape index (κ3) is 2.08. The number of rotatable bonds is 2. The highest BCUT2D eigenvalue weighted by atomic mass is 127. The molecule has 0 radical (unpaired) electrons. The van der Waals surface area contributed by atoms with Crippen LogP contribution < -0.4 is 0 Å². The lowest BCUT2D eigenvalue weighted by Crippen LogP contribution is -1.77. The number of nitrogens with zero attached hydrogens (tertiary/aromatic N) is 1. The molecule has 0 atom stereocenters. The van der Waals surface area contributed by atoms with Gasteiger partial charge >= 0.3 is 0 Å². The first kappa shape index (κ1) is 9.15. The van der Waals surface area contributed by atoms with Gasteiger partial charge in [-0.1, -0.05) is 52.9 Å². The second-order valence-corrected chi connectivity index (χ2v) is 4.33. The first-order valence-electron chi connectivity index (χ1n) is 3.96. The number of aromatic nitrogens is 1. The summed E-state index contributed by atoms with van der Waals surface area (Å²) in [5.41, 5.74) is 2.30. The summed E-state index contributed by atoms with van der Waals surface area (Å²) in [5, 5.41) is 3.31. The van der Waals surface area contributed by atoms with Crippen molar-refractivity contribution >= 4 is 33.9 Å². The van der Waals surface area contributed by atoms with Crippen LogP contribution in [0.15, 0.2) is 35.7 Å². The third-order valence-corrected chi connectivity index (χ3v) is 3.82. The van der Waals surface area contributed by atoms with Gasteiger partial charge in [-0.3, -0.25) is 0 Å². The van der Waals surface area contributed by atoms with Gasteiger partial charge in [0.1, 0.15) is 5.01 Å². The zero-order valence-corrected chi connectivity index (χ0v) is 9.88. The van der Waals surface area contributed by atoms with Gasteiger partial charge in [0.25, 0.3) is 0 Å². The van der Waals surface area contributed by atoms with E-state index in [1.165, 1.54) is 10.6 Å². The summed E-state index contributed by atoms with van der Waals surface area (Å²) in [4.78, 5) is 4.51. The van der Waals surface area contributed by atoms with E-state index >= 15 is 0 Å². The van der Waals surface area contributed by atoms with Gasteiger partial charge in [0.05, 0.1) is 10.1 Å². The Morgan fingerprint density at radius 3 is 2.62 bits per heavy atom.